The van der Waals surface area contributed by atoms with Crippen molar-refractivity contribution in [1.82, 2.24) is 0 Å². The van der Waals surface area contributed by atoms with Crippen LogP contribution in [0.25, 0.3) is 11.1 Å². The van der Waals surface area contributed by atoms with Crippen LogP contribution in [0.15, 0.2) is 72.8 Å². The van der Waals surface area contributed by atoms with Gasteiger partial charge in [-0.1, -0.05) is 237 Å². The molecule has 0 saturated carbocycles. The van der Waals surface area contributed by atoms with Gasteiger partial charge in [0.05, 0.1) is 0 Å². The van der Waals surface area contributed by atoms with Gasteiger partial charge in [0.1, 0.15) is 0 Å². The largest absolute Gasteiger partial charge is 0.454 e. The van der Waals surface area contributed by atoms with E-state index in [1.807, 2.05) is 0 Å². The highest BCUT2D eigenvalue weighted by Gasteiger charge is 2.45. The maximum atomic E-state index is 7.12. The third-order valence-electron chi connectivity index (χ3n) is 16.1. The summed E-state index contributed by atoms with van der Waals surface area (Å²) in [6.07, 6.45) is 0. The van der Waals surface area contributed by atoms with Gasteiger partial charge in [-0.25, -0.2) is 0 Å². The van der Waals surface area contributed by atoms with Gasteiger partial charge in [0, 0.05) is 11.1 Å². The second-order valence-electron chi connectivity index (χ2n) is 31.9. The van der Waals surface area contributed by atoms with Crippen molar-refractivity contribution in [2.24, 2.45) is 0 Å². The lowest BCUT2D eigenvalue weighted by molar-refractivity contribution is 0.173. The maximum Gasteiger partial charge on any atom is 0.231 e. The van der Waals surface area contributed by atoms with Gasteiger partial charge >= 0.3 is 0 Å². The summed E-state index contributed by atoms with van der Waals surface area (Å²) < 4.78 is 27.5. The lowest BCUT2D eigenvalue weighted by atomic mass is 9.79. The van der Waals surface area contributed by atoms with Gasteiger partial charge in [0.2, 0.25) is 13.6 Å². The SMILES string of the molecule is Cc1cc(C(C)(C)C)c(P(c2ccc3c(c2-c2c(P(c4c(C(C)(C)C)cc(C)cc4C(C)(C)C)c4c(C(C)(C)C)cc(C)cc4C(C)(C)C)ccc4c2OCO4)OCO3)c2c(C(C)(C)C)cc(C)cc2C(C)(C)C)c(C(C)(C)C)c1. The van der Waals surface area contributed by atoms with Crippen molar-refractivity contribution in [2.75, 3.05) is 13.6 Å². The van der Waals surface area contributed by atoms with Crippen molar-refractivity contribution in [3.63, 3.8) is 0 Å². The first kappa shape index (κ1) is 61.5. The molecule has 4 nitrogen and oxygen atoms in total. The molecule has 0 spiro atoms. The number of ether oxygens (including phenoxy) is 4. The van der Waals surface area contributed by atoms with Crippen molar-refractivity contribution < 1.29 is 18.9 Å². The first-order valence-electron chi connectivity index (χ1n) is 29.5. The van der Waals surface area contributed by atoms with E-state index in [1.165, 1.54) is 98.6 Å². The Morgan fingerprint density at radius 2 is 0.463 bits per heavy atom. The zero-order valence-corrected chi connectivity index (χ0v) is 56.7. The number of aryl methyl sites for hydroxylation is 4. The molecule has 6 aromatic carbocycles. The highest BCUT2D eigenvalue weighted by Crippen LogP contribution is 2.58. The maximum absolute atomic E-state index is 7.12. The number of hydrogen-bond acceptors (Lipinski definition) is 4. The van der Waals surface area contributed by atoms with Gasteiger partial charge in [-0.2, -0.15) is 0 Å². The average molecular weight is 1120 g/mol. The standard InChI is InChI=1S/C74H100O4P2/c1-43-33-47(67(5,6)7)63(48(34-43)68(8,9)10)79(64-49(69(11,12)13)35-44(2)36-50(64)70(14,15)16)57-31-29-55-61(77-41-75-55)59(57)60-58(32-30-56-62(60)78-42-76-56)80(65-51(71(17,18)19)37-45(3)38-52(65)72(20,21)22)66-53(73(23,24)25)39-46(4)40-54(66)74(26,27)28/h29-40H,41-42H2,1-28H3. The normalized spacial score (nSPS) is 14.5. The first-order valence-corrected chi connectivity index (χ1v) is 32.2. The number of hydrogen-bond donors (Lipinski definition) is 0. The number of rotatable bonds is 7. The Bertz CT molecular complexity index is 2860. The molecule has 2 aliphatic heterocycles. The van der Waals surface area contributed by atoms with Crippen molar-refractivity contribution >= 4 is 47.7 Å². The smallest absolute Gasteiger partial charge is 0.231 e. The zero-order valence-electron chi connectivity index (χ0n) is 54.9. The highest BCUT2D eigenvalue weighted by atomic mass is 31.1. The Morgan fingerprint density at radius 3 is 0.637 bits per heavy atom. The summed E-state index contributed by atoms with van der Waals surface area (Å²) in [5.41, 5.74) is 16.5. The Kier molecular flexibility index (Phi) is 15.8. The molecule has 0 N–H and O–H groups in total. The van der Waals surface area contributed by atoms with Crippen LogP contribution in [0.3, 0.4) is 0 Å². The Morgan fingerprint density at radius 1 is 0.275 bits per heavy atom. The summed E-state index contributed by atoms with van der Waals surface area (Å²) in [5, 5.41) is 8.15. The van der Waals surface area contributed by atoms with E-state index < -0.39 is 15.8 Å². The molecule has 0 aromatic heterocycles. The molecule has 430 valence electrons. The van der Waals surface area contributed by atoms with E-state index in [9.17, 15) is 0 Å². The quantitative estimate of drug-likeness (QED) is 0.149. The van der Waals surface area contributed by atoms with Crippen LogP contribution in [0.1, 0.15) is 233 Å². The molecule has 0 saturated heterocycles. The minimum Gasteiger partial charge on any atom is -0.454 e. The van der Waals surface area contributed by atoms with Crippen LogP contribution in [-0.4, -0.2) is 13.6 Å². The summed E-state index contributed by atoms with van der Waals surface area (Å²) >= 11 is 0. The number of benzene rings is 6. The van der Waals surface area contributed by atoms with Gasteiger partial charge in [-0.3, -0.25) is 0 Å². The fourth-order valence-electron chi connectivity index (χ4n) is 12.1. The van der Waals surface area contributed by atoms with Crippen LogP contribution in [0, 0.1) is 27.7 Å². The summed E-state index contributed by atoms with van der Waals surface area (Å²) in [4.78, 5) is 0. The van der Waals surface area contributed by atoms with Crippen LogP contribution < -0.4 is 50.8 Å². The van der Waals surface area contributed by atoms with Crippen LogP contribution in [-0.2, 0) is 43.3 Å². The average Bonchev–Trinajstić information content (AvgIpc) is 3.98. The monoisotopic (exact) mass is 1110 g/mol. The summed E-state index contributed by atoms with van der Waals surface area (Å²) in [6.45, 7) is 67.4. The molecule has 0 bridgehead atoms. The van der Waals surface area contributed by atoms with E-state index in [-0.39, 0.29) is 56.9 Å². The molecule has 0 fully saturated rings. The molecule has 8 rings (SSSR count). The van der Waals surface area contributed by atoms with Crippen LogP contribution in [0.5, 0.6) is 23.0 Å². The molecule has 0 radical (unpaired) electrons. The molecule has 6 aromatic rings. The summed E-state index contributed by atoms with van der Waals surface area (Å²) in [5.74, 6) is 3.04. The molecular formula is C74H100O4P2. The molecule has 80 heavy (non-hydrogen) atoms. The fraction of sp³-hybridized carbons (Fsp3) is 0.514. The van der Waals surface area contributed by atoms with Gasteiger partial charge in [0.15, 0.2) is 23.0 Å². The van der Waals surface area contributed by atoms with E-state index in [4.69, 9.17) is 18.9 Å². The minimum atomic E-state index is -1.44. The highest BCUT2D eigenvalue weighted by molar-refractivity contribution is 7.81. The van der Waals surface area contributed by atoms with Gasteiger partial charge in [-0.15, -0.1) is 0 Å². The molecular weight excluding hydrogens is 1010 g/mol. The molecule has 2 heterocycles. The Hall–Kier alpha value is -4.62. The fourth-order valence-corrected chi connectivity index (χ4v) is 20.0. The third-order valence-corrected chi connectivity index (χ3v) is 21.6. The van der Waals surface area contributed by atoms with E-state index in [0.29, 0.717) is 0 Å². The molecule has 0 unspecified atom stereocenters. The lowest BCUT2D eigenvalue weighted by Gasteiger charge is -2.41. The van der Waals surface area contributed by atoms with Gasteiger partial charge in [-0.05, 0) is 187 Å². The summed E-state index contributed by atoms with van der Waals surface area (Å²) in [6, 6.07) is 29.4. The molecule has 2 aliphatic rings. The second kappa shape index (κ2) is 20.6. The zero-order chi connectivity index (χ0) is 59.7. The van der Waals surface area contributed by atoms with E-state index >= 15 is 0 Å². The van der Waals surface area contributed by atoms with Gasteiger partial charge in [0.25, 0.3) is 0 Å². The summed E-state index contributed by atoms with van der Waals surface area (Å²) in [7, 11) is -2.88. The van der Waals surface area contributed by atoms with Crippen molar-refractivity contribution in [1.29, 1.82) is 0 Å². The predicted octanol–water partition coefficient (Wildman–Crippen LogP) is 17.9. The van der Waals surface area contributed by atoms with Crippen molar-refractivity contribution in [3.05, 3.63) is 140 Å². The topological polar surface area (TPSA) is 36.9 Å². The third kappa shape index (κ3) is 11.7. The van der Waals surface area contributed by atoms with Crippen LogP contribution >= 0.6 is 15.8 Å². The van der Waals surface area contributed by atoms with E-state index in [0.717, 1.165) is 34.1 Å². The first-order chi connectivity index (χ1) is 36.4. The van der Waals surface area contributed by atoms with E-state index in [1.54, 1.807) is 0 Å². The van der Waals surface area contributed by atoms with E-state index in [2.05, 4.69) is 267 Å². The molecule has 0 aliphatic carbocycles. The van der Waals surface area contributed by atoms with Crippen LogP contribution in [0.4, 0.5) is 0 Å². The number of fused-ring (bicyclic) bond motifs is 2. The van der Waals surface area contributed by atoms with Gasteiger partial charge < -0.3 is 18.9 Å². The van der Waals surface area contributed by atoms with Crippen LogP contribution in [0.2, 0.25) is 0 Å². The molecule has 0 amide bonds. The second-order valence-corrected chi connectivity index (χ2v) is 36.0. The minimum absolute atomic E-state index is 0.122. The lowest BCUT2D eigenvalue weighted by Crippen LogP contribution is -2.41. The molecule has 6 heteroatoms. The van der Waals surface area contributed by atoms with Crippen molar-refractivity contribution in [3.8, 4) is 34.1 Å². The Labute approximate surface area is 488 Å². The predicted molar refractivity (Wildman–Crippen MR) is 350 cm³/mol. The van der Waals surface area contributed by atoms with Crippen molar-refractivity contribution in [2.45, 2.75) is 237 Å². The molecule has 0 atom stereocenters. The Balaban J connectivity index is 1.75.